The highest BCUT2D eigenvalue weighted by Crippen LogP contribution is 2.48. The van der Waals surface area contributed by atoms with Crippen LogP contribution in [0.1, 0.15) is 23.3 Å². The number of benzene rings is 1. The van der Waals surface area contributed by atoms with Crippen LogP contribution in [-0.2, 0) is 16.1 Å². The Balaban J connectivity index is 1.40. The number of halogens is 2. The first-order chi connectivity index (χ1) is 15.3. The number of fused-ring (bicyclic) bond motifs is 2. The van der Waals surface area contributed by atoms with Crippen LogP contribution in [0.4, 0.5) is 10.2 Å². The fourth-order valence-corrected chi connectivity index (χ4v) is 4.81. The molecule has 0 radical (unpaired) electrons. The van der Waals surface area contributed by atoms with Crippen molar-refractivity contribution in [3.05, 3.63) is 52.9 Å². The maximum absolute atomic E-state index is 14.9. The zero-order valence-electron chi connectivity index (χ0n) is 16.7. The molecule has 32 heavy (non-hydrogen) atoms. The second kappa shape index (κ2) is 7.66. The van der Waals surface area contributed by atoms with Crippen molar-refractivity contribution in [2.75, 3.05) is 5.12 Å². The topological polar surface area (TPSA) is 114 Å². The minimum Gasteiger partial charge on any atom is -0.364 e. The van der Waals surface area contributed by atoms with E-state index in [-0.39, 0.29) is 40.9 Å². The van der Waals surface area contributed by atoms with Crippen molar-refractivity contribution < 1.29 is 18.9 Å². The van der Waals surface area contributed by atoms with Gasteiger partial charge in [-0.05, 0) is 43.0 Å². The summed E-state index contributed by atoms with van der Waals surface area (Å²) in [5.74, 6) is -1.69. The van der Waals surface area contributed by atoms with Gasteiger partial charge in [0.2, 0.25) is 5.91 Å². The number of anilines is 1. The van der Waals surface area contributed by atoms with Gasteiger partial charge in [-0.1, -0.05) is 26.5 Å². The predicted octanol–water partition coefficient (Wildman–Crippen LogP) is 2.20. The number of aromatic nitrogens is 3. The van der Waals surface area contributed by atoms with Gasteiger partial charge in [-0.15, -0.1) is 5.12 Å². The number of carbonyl (C=O) groups is 3. The molecule has 2 aliphatic rings. The molecule has 1 aliphatic heterocycles. The van der Waals surface area contributed by atoms with Crippen LogP contribution in [0, 0.1) is 5.92 Å². The lowest BCUT2D eigenvalue weighted by molar-refractivity contribution is -0.140. The summed E-state index contributed by atoms with van der Waals surface area (Å²) in [6.45, 7) is -0.217. The number of piperidine rings is 1. The average molecular weight is 501 g/mol. The lowest BCUT2D eigenvalue weighted by atomic mass is 10.1. The molecule has 3 atom stereocenters. The summed E-state index contributed by atoms with van der Waals surface area (Å²) < 4.78 is 16.9. The molecule has 1 aromatic carbocycles. The van der Waals surface area contributed by atoms with Gasteiger partial charge in [0.1, 0.15) is 12.6 Å². The molecular formula is C21H18BrFN6O3. The van der Waals surface area contributed by atoms with Gasteiger partial charge >= 0.3 is 0 Å². The summed E-state index contributed by atoms with van der Waals surface area (Å²) in [6.07, 6.45) is 4.19. The molecule has 1 saturated heterocycles. The second-order valence-corrected chi connectivity index (χ2v) is 8.89. The standard InChI is InChI=1S/C21H18BrFN6O3/c22-12-2-1-3-13(8-12)29(23)21(32)16-7-11-6-15(11)28(16)18(30)10-27-17-9-25-5-4-14(17)19(26-27)20(24)31/h1-5,8-9,11,15-16H,6-7,10H2,(H2,24,31)/t11-,15-,16+/m1/s1. The molecule has 3 amide bonds. The third-order valence-electron chi connectivity index (χ3n) is 5.98. The van der Waals surface area contributed by atoms with Crippen molar-refractivity contribution in [2.24, 2.45) is 11.7 Å². The summed E-state index contributed by atoms with van der Waals surface area (Å²) in [6, 6.07) is 6.94. The van der Waals surface area contributed by atoms with Crippen molar-refractivity contribution in [2.45, 2.75) is 31.5 Å². The first-order valence-electron chi connectivity index (χ1n) is 10.0. The SMILES string of the molecule is NC(=O)c1nn(CC(=O)N2[C@@H]3C[C@@H]3C[C@H]2C(=O)N(F)c2cccc(Br)c2)c2cnccc12. The molecule has 5 rings (SSSR count). The Morgan fingerprint density at radius 3 is 2.81 bits per heavy atom. The highest BCUT2D eigenvalue weighted by molar-refractivity contribution is 9.10. The fourth-order valence-electron chi connectivity index (χ4n) is 4.42. The minimum absolute atomic E-state index is 0.0399. The Morgan fingerprint density at radius 2 is 2.06 bits per heavy atom. The number of amides is 3. The van der Waals surface area contributed by atoms with Crippen LogP contribution in [0.5, 0.6) is 0 Å². The smallest absolute Gasteiger partial charge is 0.277 e. The number of nitrogens with two attached hydrogens (primary N) is 1. The Morgan fingerprint density at radius 1 is 1.25 bits per heavy atom. The first kappa shape index (κ1) is 20.6. The van der Waals surface area contributed by atoms with Gasteiger partial charge in [-0.2, -0.15) is 5.10 Å². The molecule has 9 nitrogen and oxygen atoms in total. The van der Waals surface area contributed by atoms with Gasteiger partial charge in [0.05, 0.1) is 17.4 Å². The molecule has 3 aromatic rings. The molecule has 0 spiro atoms. The number of primary amides is 1. The van der Waals surface area contributed by atoms with E-state index in [1.807, 2.05) is 0 Å². The van der Waals surface area contributed by atoms with E-state index in [0.717, 1.165) is 6.42 Å². The highest BCUT2D eigenvalue weighted by atomic mass is 79.9. The average Bonchev–Trinajstić information content (AvgIpc) is 3.28. The van der Waals surface area contributed by atoms with Gasteiger partial charge < -0.3 is 10.6 Å². The molecule has 2 N–H and O–H groups in total. The molecule has 1 saturated carbocycles. The number of nitrogens with zero attached hydrogens (tertiary/aromatic N) is 5. The summed E-state index contributed by atoms with van der Waals surface area (Å²) in [5, 5.41) is 4.77. The van der Waals surface area contributed by atoms with Crippen molar-refractivity contribution in [1.82, 2.24) is 19.7 Å². The number of hydrogen-bond acceptors (Lipinski definition) is 5. The van der Waals surface area contributed by atoms with E-state index in [0.29, 0.717) is 21.8 Å². The Labute approximate surface area is 190 Å². The molecule has 0 unspecified atom stereocenters. The van der Waals surface area contributed by atoms with E-state index in [4.69, 9.17) is 5.73 Å². The van der Waals surface area contributed by atoms with Crippen molar-refractivity contribution in [3.63, 3.8) is 0 Å². The zero-order chi connectivity index (χ0) is 22.6. The van der Waals surface area contributed by atoms with Crippen LogP contribution >= 0.6 is 15.9 Å². The number of pyridine rings is 1. The summed E-state index contributed by atoms with van der Waals surface area (Å²) in [5.41, 5.74) is 6.02. The summed E-state index contributed by atoms with van der Waals surface area (Å²) >= 11 is 3.27. The summed E-state index contributed by atoms with van der Waals surface area (Å²) in [7, 11) is 0. The lowest BCUT2D eigenvalue weighted by Crippen LogP contribution is -2.48. The Bertz CT molecular complexity index is 1260. The number of likely N-dealkylation sites (tertiary alicyclic amines) is 1. The number of rotatable bonds is 5. The van der Waals surface area contributed by atoms with Gasteiger partial charge in [0.25, 0.3) is 11.8 Å². The van der Waals surface area contributed by atoms with Crippen molar-refractivity contribution >= 4 is 50.2 Å². The van der Waals surface area contributed by atoms with Crippen LogP contribution in [0.2, 0.25) is 0 Å². The normalized spacial score (nSPS) is 21.4. The van der Waals surface area contributed by atoms with E-state index in [1.54, 1.807) is 18.2 Å². The van der Waals surface area contributed by atoms with E-state index >= 15 is 0 Å². The van der Waals surface area contributed by atoms with Crippen LogP contribution < -0.4 is 10.9 Å². The second-order valence-electron chi connectivity index (χ2n) is 7.98. The fraction of sp³-hybridized carbons (Fsp3) is 0.286. The maximum atomic E-state index is 14.9. The Kier molecular flexibility index (Phi) is 4.92. The van der Waals surface area contributed by atoms with Crippen LogP contribution in [-0.4, -0.2) is 49.5 Å². The van der Waals surface area contributed by atoms with Gasteiger partial charge in [-0.3, -0.25) is 24.0 Å². The zero-order valence-corrected chi connectivity index (χ0v) is 18.3. The molecule has 2 fully saturated rings. The largest absolute Gasteiger partial charge is 0.364 e. The van der Waals surface area contributed by atoms with Crippen molar-refractivity contribution in [1.29, 1.82) is 0 Å². The quantitative estimate of drug-likeness (QED) is 0.539. The molecule has 0 bridgehead atoms. The monoisotopic (exact) mass is 500 g/mol. The third kappa shape index (κ3) is 3.42. The van der Waals surface area contributed by atoms with Gasteiger partial charge in [0, 0.05) is 22.1 Å². The molecule has 164 valence electrons. The maximum Gasteiger partial charge on any atom is 0.277 e. The molecule has 11 heteroatoms. The van der Waals surface area contributed by atoms with E-state index < -0.39 is 17.9 Å². The predicted molar refractivity (Wildman–Crippen MR) is 116 cm³/mol. The van der Waals surface area contributed by atoms with Crippen LogP contribution in [0.25, 0.3) is 10.9 Å². The summed E-state index contributed by atoms with van der Waals surface area (Å²) in [4.78, 5) is 43.4. The van der Waals surface area contributed by atoms with Crippen molar-refractivity contribution in [3.8, 4) is 0 Å². The molecule has 3 heterocycles. The third-order valence-corrected chi connectivity index (χ3v) is 6.47. The molecule has 2 aromatic heterocycles. The van der Waals surface area contributed by atoms with Crippen LogP contribution in [0.3, 0.4) is 0 Å². The highest BCUT2D eigenvalue weighted by Gasteiger charge is 2.57. The molecule has 1 aliphatic carbocycles. The first-order valence-corrected chi connectivity index (χ1v) is 10.8. The lowest BCUT2D eigenvalue weighted by Gasteiger charge is -2.28. The number of carbonyl (C=O) groups excluding carboxylic acids is 3. The van der Waals surface area contributed by atoms with E-state index in [2.05, 4.69) is 26.0 Å². The number of hydrogen-bond donors (Lipinski definition) is 1. The van der Waals surface area contributed by atoms with Gasteiger partial charge in [0.15, 0.2) is 5.69 Å². The Hall–Kier alpha value is -3.34. The molecular weight excluding hydrogens is 483 g/mol. The minimum atomic E-state index is -0.897. The van der Waals surface area contributed by atoms with E-state index in [1.165, 1.54) is 34.1 Å². The van der Waals surface area contributed by atoms with Crippen LogP contribution in [0.15, 0.2) is 47.2 Å². The van der Waals surface area contributed by atoms with Gasteiger partial charge in [-0.25, -0.2) is 0 Å². The van der Waals surface area contributed by atoms with E-state index in [9.17, 15) is 18.9 Å².